The van der Waals surface area contributed by atoms with Crippen LogP contribution in [0.3, 0.4) is 0 Å². The summed E-state index contributed by atoms with van der Waals surface area (Å²) in [7, 11) is 0. The maximum atomic E-state index is 13.6. The minimum absolute atomic E-state index is 0.146. The number of amides is 2. The van der Waals surface area contributed by atoms with Crippen LogP contribution in [0.2, 0.25) is 5.02 Å². The van der Waals surface area contributed by atoms with Crippen LogP contribution in [0, 0.1) is 0 Å². The topological polar surface area (TPSA) is 58.6 Å². The SMILES string of the molecule is CC1Oc2ccc(NC(=O)C(c3ccccc3)c3ccccc3)cc2N(Cc2ccc(Cl)cc2)C1=O. The van der Waals surface area contributed by atoms with E-state index >= 15 is 0 Å². The number of hydrogen-bond acceptors (Lipinski definition) is 3. The Labute approximate surface area is 215 Å². The molecule has 1 aliphatic heterocycles. The fourth-order valence-electron chi connectivity index (χ4n) is 4.42. The Bertz CT molecular complexity index is 1340. The van der Waals surface area contributed by atoms with Gasteiger partial charge in [0.2, 0.25) is 5.91 Å². The van der Waals surface area contributed by atoms with Gasteiger partial charge in [0.1, 0.15) is 5.75 Å². The average molecular weight is 497 g/mol. The average Bonchev–Trinajstić information content (AvgIpc) is 2.90. The highest BCUT2D eigenvalue weighted by Gasteiger charge is 2.32. The lowest BCUT2D eigenvalue weighted by atomic mass is 9.90. The van der Waals surface area contributed by atoms with E-state index in [-0.39, 0.29) is 11.8 Å². The highest BCUT2D eigenvalue weighted by Crippen LogP contribution is 2.38. The van der Waals surface area contributed by atoms with Crippen molar-refractivity contribution in [1.82, 2.24) is 0 Å². The molecule has 2 amide bonds. The summed E-state index contributed by atoms with van der Waals surface area (Å²) in [5.41, 5.74) is 3.94. The molecule has 0 bridgehead atoms. The van der Waals surface area contributed by atoms with Crippen molar-refractivity contribution in [1.29, 1.82) is 0 Å². The fraction of sp³-hybridized carbons (Fsp3) is 0.133. The summed E-state index contributed by atoms with van der Waals surface area (Å²) < 4.78 is 5.85. The van der Waals surface area contributed by atoms with E-state index < -0.39 is 12.0 Å². The number of carbonyl (C=O) groups is 2. The molecule has 1 atom stereocenters. The van der Waals surface area contributed by atoms with Gasteiger partial charge in [-0.25, -0.2) is 0 Å². The summed E-state index contributed by atoms with van der Waals surface area (Å²) >= 11 is 6.03. The third-order valence-corrected chi connectivity index (χ3v) is 6.47. The number of nitrogens with zero attached hydrogens (tertiary/aromatic N) is 1. The molecule has 4 aromatic rings. The number of anilines is 2. The minimum Gasteiger partial charge on any atom is -0.479 e. The van der Waals surface area contributed by atoms with Crippen molar-refractivity contribution in [3.05, 3.63) is 125 Å². The third kappa shape index (κ3) is 4.97. The Balaban J connectivity index is 1.45. The van der Waals surface area contributed by atoms with E-state index in [1.165, 1.54) is 0 Å². The molecular formula is C30H25ClN2O3. The number of carbonyl (C=O) groups excluding carboxylic acids is 2. The van der Waals surface area contributed by atoms with Crippen LogP contribution in [0.25, 0.3) is 0 Å². The second-order valence-electron chi connectivity index (χ2n) is 8.74. The van der Waals surface area contributed by atoms with Crippen LogP contribution in [-0.4, -0.2) is 17.9 Å². The summed E-state index contributed by atoms with van der Waals surface area (Å²) in [5, 5.41) is 3.69. The van der Waals surface area contributed by atoms with E-state index in [2.05, 4.69) is 5.32 Å². The van der Waals surface area contributed by atoms with Gasteiger partial charge in [0.25, 0.3) is 5.91 Å². The van der Waals surface area contributed by atoms with Crippen molar-refractivity contribution in [3.63, 3.8) is 0 Å². The molecule has 0 aromatic heterocycles. The van der Waals surface area contributed by atoms with Crippen molar-refractivity contribution < 1.29 is 14.3 Å². The van der Waals surface area contributed by atoms with E-state index in [1.54, 1.807) is 42.2 Å². The van der Waals surface area contributed by atoms with Crippen LogP contribution >= 0.6 is 11.6 Å². The molecule has 180 valence electrons. The van der Waals surface area contributed by atoms with Crippen LogP contribution < -0.4 is 15.0 Å². The van der Waals surface area contributed by atoms with Crippen LogP contribution in [0.5, 0.6) is 5.75 Å². The van der Waals surface area contributed by atoms with Gasteiger partial charge in [-0.15, -0.1) is 0 Å². The Morgan fingerprint density at radius 1 is 0.917 bits per heavy atom. The second-order valence-corrected chi connectivity index (χ2v) is 9.17. The van der Waals surface area contributed by atoms with E-state index in [0.717, 1.165) is 16.7 Å². The van der Waals surface area contributed by atoms with Gasteiger partial charge in [-0.1, -0.05) is 84.4 Å². The molecule has 5 nitrogen and oxygen atoms in total. The molecule has 1 N–H and O–H groups in total. The number of ether oxygens (including phenoxy) is 1. The molecule has 4 aromatic carbocycles. The van der Waals surface area contributed by atoms with Crippen molar-refractivity contribution in [2.75, 3.05) is 10.2 Å². The lowest BCUT2D eigenvalue weighted by Gasteiger charge is -2.33. The molecule has 1 aliphatic rings. The lowest BCUT2D eigenvalue weighted by molar-refractivity contribution is -0.125. The second kappa shape index (κ2) is 10.3. The van der Waals surface area contributed by atoms with Crippen LogP contribution in [0.1, 0.15) is 29.5 Å². The van der Waals surface area contributed by atoms with Gasteiger partial charge in [0.15, 0.2) is 6.10 Å². The zero-order valence-corrected chi connectivity index (χ0v) is 20.5. The van der Waals surface area contributed by atoms with E-state index in [1.807, 2.05) is 72.8 Å². The number of halogens is 1. The molecular weight excluding hydrogens is 472 g/mol. The maximum Gasteiger partial charge on any atom is 0.268 e. The number of benzene rings is 4. The first-order valence-corrected chi connectivity index (χ1v) is 12.1. The molecule has 1 unspecified atom stereocenters. The van der Waals surface area contributed by atoms with Crippen molar-refractivity contribution in [2.45, 2.75) is 25.5 Å². The monoisotopic (exact) mass is 496 g/mol. The van der Waals surface area contributed by atoms with Crippen LogP contribution in [0.4, 0.5) is 11.4 Å². The summed E-state index contributed by atoms with van der Waals surface area (Å²) in [6.45, 7) is 2.10. The first-order chi connectivity index (χ1) is 17.5. The molecule has 0 spiro atoms. The smallest absolute Gasteiger partial charge is 0.268 e. The molecule has 0 saturated carbocycles. The summed E-state index contributed by atoms with van der Waals surface area (Å²) in [4.78, 5) is 28.3. The first kappa shape index (κ1) is 23.6. The number of hydrogen-bond donors (Lipinski definition) is 1. The first-order valence-electron chi connectivity index (χ1n) is 11.8. The van der Waals surface area contributed by atoms with Gasteiger partial charge < -0.3 is 15.0 Å². The van der Waals surface area contributed by atoms with Gasteiger partial charge in [-0.2, -0.15) is 0 Å². The molecule has 36 heavy (non-hydrogen) atoms. The van der Waals surface area contributed by atoms with Crippen molar-refractivity contribution in [2.24, 2.45) is 0 Å². The number of fused-ring (bicyclic) bond motifs is 1. The largest absolute Gasteiger partial charge is 0.479 e. The minimum atomic E-state index is -0.606. The van der Waals surface area contributed by atoms with E-state index in [9.17, 15) is 9.59 Å². The number of nitrogens with one attached hydrogen (secondary N) is 1. The third-order valence-electron chi connectivity index (χ3n) is 6.22. The van der Waals surface area contributed by atoms with E-state index in [4.69, 9.17) is 16.3 Å². The Hall–Kier alpha value is -4.09. The highest BCUT2D eigenvalue weighted by molar-refractivity contribution is 6.30. The van der Waals surface area contributed by atoms with Gasteiger partial charge in [-0.05, 0) is 53.9 Å². The molecule has 0 fully saturated rings. The quantitative estimate of drug-likeness (QED) is 0.335. The molecule has 6 heteroatoms. The fourth-order valence-corrected chi connectivity index (χ4v) is 4.55. The normalized spacial score (nSPS) is 14.8. The summed E-state index contributed by atoms with van der Waals surface area (Å²) in [6, 6.07) is 32.1. The molecule has 0 aliphatic carbocycles. The van der Waals surface area contributed by atoms with Gasteiger partial charge in [0, 0.05) is 10.7 Å². The van der Waals surface area contributed by atoms with Gasteiger partial charge in [0.05, 0.1) is 18.2 Å². The maximum absolute atomic E-state index is 13.6. The van der Waals surface area contributed by atoms with Crippen molar-refractivity contribution >= 4 is 34.8 Å². The zero-order chi connectivity index (χ0) is 25.1. The van der Waals surface area contributed by atoms with Crippen LogP contribution in [0.15, 0.2) is 103 Å². The predicted molar refractivity (Wildman–Crippen MR) is 143 cm³/mol. The highest BCUT2D eigenvalue weighted by atomic mass is 35.5. The zero-order valence-electron chi connectivity index (χ0n) is 19.7. The molecule has 5 rings (SSSR count). The summed E-state index contributed by atoms with van der Waals surface area (Å²) in [5.74, 6) is -0.191. The molecule has 1 heterocycles. The van der Waals surface area contributed by atoms with Gasteiger partial charge >= 0.3 is 0 Å². The lowest BCUT2D eigenvalue weighted by Crippen LogP contribution is -2.44. The Morgan fingerprint density at radius 3 is 2.14 bits per heavy atom. The Morgan fingerprint density at radius 2 is 1.53 bits per heavy atom. The van der Waals surface area contributed by atoms with E-state index in [0.29, 0.717) is 28.7 Å². The standard InChI is InChI=1S/C30H25ClN2O3/c1-20-30(35)33(19-21-12-14-24(31)15-13-21)26-18-25(16-17-27(26)36-20)32-29(34)28(22-8-4-2-5-9-22)23-10-6-3-7-11-23/h2-18,20,28H,19H2,1H3,(H,32,34). The molecule has 0 radical (unpaired) electrons. The Kier molecular flexibility index (Phi) is 6.74. The molecule has 0 saturated heterocycles. The van der Waals surface area contributed by atoms with Crippen LogP contribution in [-0.2, 0) is 16.1 Å². The predicted octanol–water partition coefficient (Wildman–Crippen LogP) is 6.42. The van der Waals surface area contributed by atoms with Gasteiger partial charge in [-0.3, -0.25) is 9.59 Å². The number of rotatable bonds is 6. The summed E-state index contributed by atoms with van der Waals surface area (Å²) in [6.07, 6.45) is -0.606. The van der Waals surface area contributed by atoms with Crippen molar-refractivity contribution in [3.8, 4) is 5.75 Å².